The first-order valence-electron chi connectivity index (χ1n) is 4.96. The van der Waals surface area contributed by atoms with Crippen molar-refractivity contribution in [2.24, 2.45) is 0 Å². The number of aromatic nitrogens is 2. The Morgan fingerprint density at radius 3 is 2.65 bits per heavy atom. The molecule has 5 heteroatoms. The molecule has 0 amide bonds. The molecule has 0 radical (unpaired) electrons. The van der Waals surface area contributed by atoms with Gasteiger partial charge in [0.15, 0.2) is 5.82 Å². The molecule has 0 spiro atoms. The third-order valence-corrected chi connectivity index (χ3v) is 3.71. The van der Waals surface area contributed by atoms with E-state index in [0.717, 1.165) is 21.4 Å². The number of aryl methyl sites for hydroxylation is 1. The van der Waals surface area contributed by atoms with Crippen molar-refractivity contribution in [3.05, 3.63) is 45.1 Å². The summed E-state index contributed by atoms with van der Waals surface area (Å²) >= 11 is 15.1. The Morgan fingerprint density at radius 2 is 2.00 bits per heavy atom. The number of halogens is 3. The molecular formula is C12H9BrCl2N2. The Hall–Kier alpha value is -0.640. The van der Waals surface area contributed by atoms with Gasteiger partial charge in [-0.25, -0.2) is 9.97 Å². The number of benzene rings is 1. The van der Waals surface area contributed by atoms with E-state index in [9.17, 15) is 0 Å². The largest absolute Gasteiger partial charge is 0.233 e. The van der Waals surface area contributed by atoms with Crippen LogP contribution in [0.5, 0.6) is 0 Å². The molecule has 1 aromatic heterocycles. The number of alkyl halides is 1. The lowest BCUT2D eigenvalue weighted by atomic mass is 10.2. The zero-order chi connectivity index (χ0) is 12.4. The van der Waals surface area contributed by atoms with Crippen molar-refractivity contribution in [2.45, 2.75) is 12.8 Å². The van der Waals surface area contributed by atoms with Crippen molar-refractivity contribution in [1.29, 1.82) is 0 Å². The van der Waals surface area contributed by atoms with Crippen molar-refractivity contribution in [3.63, 3.8) is 0 Å². The van der Waals surface area contributed by atoms with Crippen LogP contribution in [0.4, 0.5) is 0 Å². The summed E-state index contributed by atoms with van der Waals surface area (Å²) in [6, 6.07) is 7.48. The molecule has 88 valence electrons. The first kappa shape index (κ1) is 12.8. The van der Waals surface area contributed by atoms with Crippen molar-refractivity contribution < 1.29 is 0 Å². The fraction of sp³-hybridized carbons (Fsp3) is 0.167. The van der Waals surface area contributed by atoms with Crippen molar-refractivity contribution in [2.75, 3.05) is 0 Å². The van der Waals surface area contributed by atoms with E-state index in [1.165, 1.54) is 0 Å². The van der Waals surface area contributed by atoms with Gasteiger partial charge in [-0.15, -0.1) is 11.6 Å². The molecule has 1 aromatic carbocycles. The Labute approximate surface area is 118 Å². The summed E-state index contributed by atoms with van der Waals surface area (Å²) in [4.78, 5) is 8.78. The van der Waals surface area contributed by atoms with Gasteiger partial charge in [-0.1, -0.05) is 11.6 Å². The van der Waals surface area contributed by atoms with Gasteiger partial charge in [0, 0.05) is 15.7 Å². The first-order chi connectivity index (χ1) is 8.10. The second-order valence-corrected chi connectivity index (χ2v) is 5.12. The lowest BCUT2D eigenvalue weighted by Crippen LogP contribution is -1.96. The smallest absolute Gasteiger partial charge is 0.159 e. The third-order valence-electron chi connectivity index (χ3n) is 2.22. The molecular weight excluding hydrogens is 323 g/mol. The average molecular weight is 332 g/mol. The molecule has 0 fully saturated rings. The van der Waals surface area contributed by atoms with E-state index in [-0.39, 0.29) is 0 Å². The summed E-state index contributed by atoms with van der Waals surface area (Å²) in [7, 11) is 0. The maximum absolute atomic E-state index is 5.95. The highest BCUT2D eigenvalue weighted by Gasteiger charge is 2.06. The highest BCUT2D eigenvalue weighted by molar-refractivity contribution is 9.10. The van der Waals surface area contributed by atoms with Crippen LogP contribution in [0.15, 0.2) is 28.7 Å². The summed E-state index contributed by atoms with van der Waals surface area (Å²) in [5.74, 6) is 1.04. The van der Waals surface area contributed by atoms with E-state index in [0.29, 0.717) is 16.7 Å². The van der Waals surface area contributed by atoms with Gasteiger partial charge in [0.2, 0.25) is 0 Å². The van der Waals surface area contributed by atoms with E-state index in [4.69, 9.17) is 23.2 Å². The van der Waals surface area contributed by atoms with Crippen LogP contribution >= 0.6 is 39.1 Å². The van der Waals surface area contributed by atoms with Gasteiger partial charge in [-0.3, -0.25) is 0 Å². The summed E-state index contributed by atoms with van der Waals surface area (Å²) in [5.41, 5.74) is 2.63. The molecule has 0 aliphatic heterocycles. The summed E-state index contributed by atoms with van der Waals surface area (Å²) in [6.45, 7) is 1.92. The second kappa shape index (κ2) is 5.34. The maximum Gasteiger partial charge on any atom is 0.159 e. The van der Waals surface area contributed by atoms with E-state index >= 15 is 0 Å². The van der Waals surface area contributed by atoms with Gasteiger partial charge >= 0.3 is 0 Å². The van der Waals surface area contributed by atoms with Crippen molar-refractivity contribution >= 4 is 39.1 Å². The summed E-state index contributed by atoms with van der Waals surface area (Å²) < 4.78 is 0.828. The van der Waals surface area contributed by atoms with Crippen LogP contribution in [0.25, 0.3) is 11.4 Å². The van der Waals surface area contributed by atoms with E-state index < -0.39 is 0 Å². The Balaban J connectivity index is 2.52. The molecule has 0 aliphatic rings. The first-order valence-corrected chi connectivity index (χ1v) is 6.66. The van der Waals surface area contributed by atoms with Crippen LogP contribution < -0.4 is 0 Å². The minimum absolute atomic E-state index is 0.380. The summed E-state index contributed by atoms with van der Waals surface area (Å²) in [5, 5.41) is 0.666. The van der Waals surface area contributed by atoms with Gasteiger partial charge < -0.3 is 0 Å². The fourth-order valence-corrected chi connectivity index (χ4v) is 2.10. The lowest BCUT2D eigenvalue weighted by molar-refractivity contribution is 1.05. The minimum atomic E-state index is 0.380. The van der Waals surface area contributed by atoms with Crippen LogP contribution in [0, 0.1) is 6.92 Å². The SMILES string of the molecule is Cc1cc(CCl)nc(-c2ccc(Cl)c(Br)c2)n1. The minimum Gasteiger partial charge on any atom is -0.233 e. The summed E-state index contributed by atoms with van der Waals surface area (Å²) in [6.07, 6.45) is 0. The zero-order valence-electron chi connectivity index (χ0n) is 9.04. The van der Waals surface area contributed by atoms with Crippen LogP contribution in [0.2, 0.25) is 5.02 Å². The Kier molecular flexibility index (Phi) is 4.02. The van der Waals surface area contributed by atoms with Gasteiger partial charge in [-0.05, 0) is 47.1 Å². The van der Waals surface area contributed by atoms with Crippen LogP contribution in [-0.4, -0.2) is 9.97 Å². The molecule has 0 bridgehead atoms. The molecule has 2 aromatic rings. The monoisotopic (exact) mass is 330 g/mol. The van der Waals surface area contributed by atoms with Crippen LogP contribution in [0.3, 0.4) is 0 Å². The highest BCUT2D eigenvalue weighted by atomic mass is 79.9. The molecule has 0 atom stereocenters. The van der Waals surface area contributed by atoms with Crippen LogP contribution in [-0.2, 0) is 5.88 Å². The topological polar surface area (TPSA) is 25.8 Å². The molecule has 0 N–H and O–H groups in total. The third kappa shape index (κ3) is 2.97. The molecule has 0 unspecified atom stereocenters. The zero-order valence-corrected chi connectivity index (χ0v) is 12.1. The maximum atomic E-state index is 5.95. The van der Waals surface area contributed by atoms with E-state index in [1.807, 2.05) is 31.2 Å². The second-order valence-electron chi connectivity index (χ2n) is 3.59. The fourth-order valence-electron chi connectivity index (χ4n) is 1.47. The van der Waals surface area contributed by atoms with Gasteiger partial charge in [0.05, 0.1) is 16.6 Å². The average Bonchev–Trinajstić information content (AvgIpc) is 2.32. The molecule has 0 saturated carbocycles. The highest BCUT2D eigenvalue weighted by Crippen LogP contribution is 2.27. The molecule has 0 saturated heterocycles. The van der Waals surface area contributed by atoms with Gasteiger partial charge in [-0.2, -0.15) is 0 Å². The Bertz CT molecular complexity index is 558. The number of hydrogen-bond donors (Lipinski definition) is 0. The molecule has 2 nitrogen and oxygen atoms in total. The van der Waals surface area contributed by atoms with Crippen molar-refractivity contribution in [1.82, 2.24) is 9.97 Å². The van der Waals surface area contributed by atoms with Crippen molar-refractivity contribution in [3.8, 4) is 11.4 Å². The molecule has 2 rings (SSSR count). The van der Waals surface area contributed by atoms with Gasteiger partial charge in [0.1, 0.15) is 0 Å². The molecule has 0 aliphatic carbocycles. The number of nitrogens with zero attached hydrogens (tertiary/aromatic N) is 2. The molecule has 17 heavy (non-hydrogen) atoms. The van der Waals surface area contributed by atoms with Crippen LogP contribution in [0.1, 0.15) is 11.4 Å². The quantitative estimate of drug-likeness (QED) is 0.751. The van der Waals surface area contributed by atoms with E-state index in [1.54, 1.807) is 0 Å². The predicted octanol–water partition coefficient (Wildman–Crippen LogP) is 4.61. The Morgan fingerprint density at radius 1 is 1.24 bits per heavy atom. The van der Waals surface area contributed by atoms with Gasteiger partial charge in [0.25, 0.3) is 0 Å². The number of hydrogen-bond acceptors (Lipinski definition) is 2. The predicted molar refractivity (Wildman–Crippen MR) is 74.5 cm³/mol. The molecule has 1 heterocycles. The lowest BCUT2D eigenvalue weighted by Gasteiger charge is -2.05. The normalized spacial score (nSPS) is 10.6. The number of rotatable bonds is 2. The standard InChI is InChI=1S/C12H9BrCl2N2/c1-7-4-9(6-14)17-12(16-7)8-2-3-11(15)10(13)5-8/h2-5H,6H2,1H3. The van der Waals surface area contributed by atoms with E-state index in [2.05, 4.69) is 25.9 Å².